The van der Waals surface area contributed by atoms with E-state index in [1.54, 1.807) is 0 Å². The van der Waals surface area contributed by atoms with Crippen molar-refractivity contribution in [3.63, 3.8) is 0 Å². The summed E-state index contributed by atoms with van der Waals surface area (Å²) in [7, 11) is 0. The molecular formula is C20H19ClN2. The fourth-order valence-corrected chi connectivity index (χ4v) is 3.61. The van der Waals surface area contributed by atoms with Gasteiger partial charge in [-0.1, -0.05) is 54.1 Å². The van der Waals surface area contributed by atoms with E-state index in [0.717, 1.165) is 42.0 Å². The minimum Gasteiger partial charge on any atom is -0.361 e. The molecule has 1 aliphatic rings. The van der Waals surface area contributed by atoms with E-state index < -0.39 is 0 Å². The summed E-state index contributed by atoms with van der Waals surface area (Å²) in [6.07, 6.45) is 5.50. The third kappa shape index (κ3) is 2.92. The molecule has 2 aromatic carbocycles. The summed E-state index contributed by atoms with van der Waals surface area (Å²) >= 11 is 6.40. The normalized spacial score (nSPS) is 15.8. The molecule has 0 bridgehead atoms. The van der Waals surface area contributed by atoms with Crippen molar-refractivity contribution in [2.45, 2.75) is 13.0 Å². The van der Waals surface area contributed by atoms with Crippen molar-refractivity contribution in [3.05, 3.63) is 77.0 Å². The van der Waals surface area contributed by atoms with E-state index >= 15 is 0 Å². The molecule has 116 valence electrons. The van der Waals surface area contributed by atoms with Crippen LogP contribution in [-0.4, -0.2) is 23.0 Å². The van der Waals surface area contributed by atoms with Crippen LogP contribution in [0.25, 0.3) is 16.5 Å². The first-order chi connectivity index (χ1) is 11.3. The lowest BCUT2D eigenvalue weighted by Crippen LogP contribution is -2.27. The molecule has 3 aromatic rings. The molecule has 0 amide bonds. The summed E-state index contributed by atoms with van der Waals surface area (Å²) in [5.74, 6) is 0. The van der Waals surface area contributed by atoms with Crippen LogP contribution in [-0.2, 0) is 6.54 Å². The van der Waals surface area contributed by atoms with E-state index in [1.165, 1.54) is 16.7 Å². The van der Waals surface area contributed by atoms with E-state index in [2.05, 4.69) is 58.6 Å². The van der Waals surface area contributed by atoms with Crippen molar-refractivity contribution < 1.29 is 0 Å². The molecule has 0 unspecified atom stereocenters. The number of nitrogens with one attached hydrogen (secondary N) is 1. The Labute approximate surface area is 141 Å². The van der Waals surface area contributed by atoms with Crippen LogP contribution in [0.5, 0.6) is 0 Å². The number of rotatable bonds is 3. The van der Waals surface area contributed by atoms with E-state index in [1.807, 2.05) is 12.1 Å². The topological polar surface area (TPSA) is 19.0 Å². The van der Waals surface area contributed by atoms with Crippen LogP contribution in [0.15, 0.2) is 60.8 Å². The first kappa shape index (κ1) is 14.6. The Kier molecular flexibility index (Phi) is 3.94. The summed E-state index contributed by atoms with van der Waals surface area (Å²) in [6, 6.07) is 16.7. The Bertz CT molecular complexity index is 848. The second kappa shape index (κ2) is 6.23. The molecule has 1 N–H and O–H groups in total. The second-order valence-corrected chi connectivity index (χ2v) is 6.47. The monoisotopic (exact) mass is 322 g/mol. The highest BCUT2D eigenvalue weighted by Crippen LogP contribution is 2.33. The van der Waals surface area contributed by atoms with Gasteiger partial charge < -0.3 is 4.98 Å². The lowest BCUT2D eigenvalue weighted by molar-refractivity contribution is 0.294. The molecule has 4 rings (SSSR count). The van der Waals surface area contributed by atoms with E-state index in [0.29, 0.717) is 0 Å². The Morgan fingerprint density at radius 1 is 1.04 bits per heavy atom. The van der Waals surface area contributed by atoms with E-state index in [-0.39, 0.29) is 0 Å². The molecule has 0 atom stereocenters. The SMILES string of the molecule is Clc1cccc2[nH]cc(C3=CCN(Cc4ccccc4)CC3)c12. The van der Waals surface area contributed by atoms with Gasteiger partial charge >= 0.3 is 0 Å². The van der Waals surface area contributed by atoms with Crippen LogP contribution in [0, 0.1) is 0 Å². The fraction of sp³-hybridized carbons (Fsp3) is 0.200. The maximum absolute atomic E-state index is 6.40. The molecule has 23 heavy (non-hydrogen) atoms. The van der Waals surface area contributed by atoms with Gasteiger partial charge in [0.25, 0.3) is 0 Å². The van der Waals surface area contributed by atoms with Crippen LogP contribution in [0.2, 0.25) is 5.02 Å². The maximum Gasteiger partial charge on any atom is 0.0505 e. The third-order valence-corrected chi connectivity index (χ3v) is 4.86. The van der Waals surface area contributed by atoms with E-state index in [9.17, 15) is 0 Å². The number of benzene rings is 2. The summed E-state index contributed by atoms with van der Waals surface area (Å²) < 4.78 is 0. The molecule has 0 spiro atoms. The second-order valence-electron chi connectivity index (χ2n) is 6.06. The zero-order chi connectivity index (χ0) is 15.6. The summed E-state index contributed by atoms with van der Waals surface area (Å²) in [5, 5.41) is 1.98. The maximum atomic E-state index is 6.40. The molecule has 0 fully saturated rings. The van der Waals surface area contributed by atoms with Crippen LogP contribution in [0.1, 0.15) is 17.5 Å². The zero-order valence-corrected chi connectivity index (χ0v) is 13.7. The molecule has 2 nitrogen and oxygen atoms in total. The van der Waals surface area contributed by atoms with Gasteiger partial charge in [-0.3, -0.25) is 4.90 Å². The third-order valence-electron chi connectivity index (χ3n) is 4.54. The number of halogens is 1. The highest BCUT2D eigenvalue weighted by Gasteiger charge is 2.16. The highest BCUT2D eigenvalue weighted by molar-refractivity contribution is 6.36. The molecule has 3 heteroatoms. The number of hydrogen-bond donors (Lipinski definition) is 1. The van der Waals surface area contributed by atoms with Crippen LogP contribution >= 0.6 is 11.6 Å². The predicted molar refractivity (Wildman–Crippen MR) is 97.6 cm³/mol. The first-order valence-corrected chi connectivity index (χ1v) is 8.40. The fourth-order valence-electron chi connectivity index (χ4n) is 3.33. The van der Waals surface area contributed by atoms with Gasteiger partial charge in [-0.05, 0) is 29.7 Å². The Morgan fingerprint density at radius 3 is 2.70 bits per heavy atom. The summed E-state index contributed by atoms with van der Waals surface area (Å²) in [5.41, 5.74) is 5.14. The number of H-pyrrole nitrogens is 1. The molecule has 1 aromatic heterocycles. The highest BCUT2D eigenvalue weighted by atomic mass is 35.5. The van der Waals surface area contributed by atoms with Gasteiger partial charge in [-0.2, -0.15) is 0 Å². The number of fused-ring (bicyclic) bond motifs is 1. The molecule has 1 aliphatic heterocycles. The zero-order valence-electron chi connectivity index (χ0n) is 12.9. The minimum absolute atomic E-state index is 0.825. The van der Waals surface area contributed by atoms with Crippen molar-refractivity contribution >= 4 is 28.1 Å². The van der Waals surface area contributed by atoms with Gasteiger partial charge in [0.1, 0.15) is 0 Å². The largest absolute Gasteiger partial charge is 0.361 e. The molecular weight excluding hydrogens is 304 g/mol. The van der Waals surface area contributed by atoms with Crippen molar-refractivity contribution in [3.8, 4) is 0 Å². The molecule has 0 saturated carbocycles. The van der Waals surface area contributed by atoms with Crippen molar-refractivity contribution in [2.24, 2.45) is 0 Å². The van der Waals surface area contributed by atoms with E-state index in [4.69, 9.17) is 11.6 Å². The van der Waals surface area contributed by atoms with Gasteiger partial charge in [0.2, 0.25) is 0 Å². The average Bonchev–Trinajstić information content (AvgIpc) is 3.02. The van der Waals surface area contributed by atoms with Crippen molar-refractivity contribution in [1.82, 2.24) is 9.88 Å². The van der Waals surface area contributed by atoms with Gasteiger partial charge in [0.05, 0.1) is 5.02 Å². The van der Waals surface area contributed by atoms with Crippen molar-refractivity contribution in [1.29, 1.82) is 0 Å². The Morgan fingerprint density at radius 2 is 1.91 bits per heavy atom. The number of nitrogens with zero attached hydrogens (tertiary/aromatic N) is 1. The van der Waals surface area contributed by atoms with Gasteiger partial charge in [-0.15, -0.1) is 0 Å². The molecule has 0 radical (unpaired) electrons. The smallest absolute Gasteiger partial charge is 0.0505 e. The predicted octanol–water partition coefficient (Wildman–Crippen LogP) is 5.11. The summed E-state index contributed by atoms with van der Waals surface area (Å²) in [4.78, 5) is 5.82. The first-order valence-electron chi connectivity index (χ1n) is 8.02. The standard InChI is InChI=1S/C20H19ClN2/c21-18-7-4-8-19-20(18)17(13-22-19)16-9-11-23(12-10-16)14-15-5-2-1-3-6-15/h1-9,13,22H,10-12,14H2. The lowest BCUT2D eigenvalue weighted by Gasteiger charge is -2.26. The van der Waals surface area contributed by atoms with Crippen LogP contribution in [0.4, 0.5) is 0 Å². The van der Waals surface area contributed by atoms with Crippen molar-refractivity contribution in [2.75, 3.05) is 13.1 Å². The minimum atomic E-state index is 0.825. The van der Waals surface area contributed by atoms with Gasteiger partial charge in [0, 0.05) is 42.3 Å². The molecule has 0 aliphatic carbocycles. The Balaban J connectivity index is 1.55. The molecule has 2 heterocycles. The Hall–Kier alpha value is -2.03. The molecule has 0 saturated heterocycles. The van der Waals surface area contributed by atoms with Gasteiger partial charge in [0.15, 0.2) is 0 Å². The summed E-state index contributed by atoms with van der Waals surface area (Å²) in [6.45, 7) is 3.08. The van der Waals surface area contributed by atoms with Gasteiger partial charge in [-0.25, -0.2) is 0 Å². The number of aromatic amines is 1. The average molecular weight is 323 g/mol. The lowest BCUT2D eigenvalue weighted by atomic mass is 9.98. The van der Waals surface area contributed by atoms with Crippen LogP contribution < -0.4 is 0 Å². The number of aromatic nitrogens is 1. The quantitative estimate of drug-likeness (QED) is 0.710. The van der Waals surface area contributed by atoms with Crippen LogP contribution in [0.3, 0.4) is 0 Å². The number of hydrogen-bond acceptors (Lipinski definition) is 1.